The Morgan fingerprint density at radius 3 is 2.18 bits per heavy atom. The van der Waals surface area contributed by atoms with Gasteiger partial charge in [-0.05, 0) is 117 Å². The summed E-state index contributed by atoms with van der Waals surface area (Å²) in [7, 11) is -3.75. The Morgan fingerprint density at radius 2 is 1.51 bits per heavy atom. The number of amides is 1. The van der Waals surface area contributed by atoms with Gasteiger partial charge in [0.15, 0.2) is 5.11 Å². The Hall–Kier alpha value is -3.43. The molecule has 0 saturated carbocycles. The number of carbonyl (C=O) groups excluding carboxylic acids is 1. The number of ether oxygens (including phenoxy) is 1. The number of thiocarbonyl (C=S) groups is 1. The molecule has 7 nitrogen and oxygen atoms in total. The SMILES string of the molecule is Cc1ccc(C)c(OCCCC(C)(C)C(=O)NC(=S)Nc2ccc(S(=O)(=O)Nc3ccc(C)c(C)c3)cc2)c1. The van der Waals surface area contributed by atoms with Crippen LogP contribution in [0.1, 0.15) is 48.9 Å². The van der Waals surface area contributed by atoms with Gasteiger partial charge in [0, 0.05) is 16.8 Å². The van der Waals surface area contributed by atoms with E-state index in [-0.39, 0.29) is 15.9 Å². The first kappa shape index (κ1) is 30.1. The van der Waals surface area contributed by atoms with Crippen molar-refractivity contribution in [2.24, 2.45) is 5.41 Å². The minimum absolute atomic E-state index is 0.116. The van der Waals surface area contributed by atoms with Crippen LogP contribution in [0.3, 0.4) is 0 Å². The summed E-state index contributed by atoms with van der Waals surface area (Å²) in [6, 6.07) is 17.7. The van der Waals surface area contributed by atoms with Crippen molar-refractivity contribution in [3.8, 4) is 5.75 Å². The van der Waals surface area contributed by atoms with Crippen LogP contribution >= 0.6 is 12.2 Å². The fourth-order valence-corrected chi connectivity index (χ4v) is 5.10. The lowest BCUT2D eigenvalue weighted by molar-refractivity contribution is -0.128. The zero-order chi connectivity index (χ0) is 28.8. The average molecular weight is 568 g/mol. The molecule has 1 amide bonds. The van der Waals surface area contributed by atoms with E-state index in [1.807, 2.05) is 65.8 Å². The fraction of sp³-hybridized carbons (Fsp3) is 0.333. The molecule has 0 radical (unpaired) electrons. The second-order valence-corrected chi connectivity index (χ2v) is 12.5. The number of aryl methyl sites for hydroxylation is 4. The second kappa shape index (κ2) is 12.6. The molecule has 0 aliphatic heterocycles. The summed E-state index contributed by atoms with van der Waals surface area (Å²) in [5, 5.41) is 5.83. The maximum atomic E-state index is 12.9. The molecule has 9 heteroatoms. The molecule has 3 aromatic rings. The van der Waals surface area contributed by atoms with Crippen LogP contribution in [0.25, 0.3) is 0 Å². The van der Waals surface area contributed by atoms with E-state index in [1.54, 1.807) is 24.3 Å². The van der Waals surface area contributed by atoms with Gasteiger partial charge in [-0.25, -0.2) is 8.42 Å². The largest absolute Gasteiger partial charge is 0.493 e. The van der Waals surface area contributed by atoms with Crippen LogP contribution in [-0.4, -0.2) is 26.0 Å². The van der Waals surface area contributed by atoms with Gasteiger partial charge in [0.05, 0.1) is 11.5 Å². The van der Waals surface area contributed by atoms with Gasteiger partial charge in [0.2, 0.25) is 5.91 Å². The van der Waals surface area contributed by atoms with E-state index in [9.17, 15) is 13.2 Å². The molecular weight excluding hydrogens is 530 g/mol. The van der Waals surface area contributed by atoms with Crippen LogP contribution in [0.2, 0.25) is 0 Å². The first-order chi connectivity index (χ1) is 18.3. The molecule has 0 saturated heterocycles. The third-order valence-electron chi connectivity index (χ3n) is 6.57. The highest BCUT2D eigenvalue weighted by Crippen LogP contribution is 2.25. The number of nitrogens with one attached hydrogen (secondary N) is 3. The first-order valence-electron chi connectivity index (χ1n) is 12.8. The van der Waals surface area contributed by atoms with Crippen LogP contribution < -0.4 is 20.1 Å². The van der Waals surface area contributed by atoms with E-state index in [0.29, 0.717) is 30.8 Å². The van der Waals surface area contributed by atoms with Crippen molar-refractivity contribution in [3.05, 3.63) is 82.9 Å². The maximum Gasteiger partial charge on any atom is 0.261 e. The molecule has 0 aliphatic rings. The Kier molecular flexibility index (Phi) is 9.74. The Bertz CT molecular complexity index is 1450. The third-order valence-corrected chi connectivity index (χ3v) is 8.17. The standard InChI is InChI=1S/C30H37N3O4S2/c1-20-8-9-22(3)27(18-20)37-17-7-16-30(5,6)28(34)32-29(38)31-24-12-14-26(15-13-24)39(35,36)33-25-11-10-21(2)23(4)19-25/h8-15,18-19,33H,7,16-17H2,1-6H3,(H2,31,32,34,38). The molecule has 0 heterocycles. The number of hydrogen-bond acceptors (Lipinski definition) is 5. The van der Waals surface area contributed by atoms with Gasteiger partial charge in [-0.3, -0.25) is 9.52 Å². The topological polar surface area (TPSA) is 96.5 Å². The minimum atomic E-state index is -3.75. The van der Waals surface area contributed by atoms with Gasteiger partial charge < -0.3 is 15.4 Å². The third kappa shape index (κ3) is 8.53. The van der Waals surface area contributed by atoms with E-state index in [2.05, 4.69) is 15.4 Å². The van der Waals surface area contributed by atoms with E-state index in [0.717, 1.165) is 28.0 Å². The van der Waals surface area contributed by atoms with E-state index >= 15 is 0 Å². The first-order valence-corrected chi connectivity index (χ1v) is 14.7. The zero-order valence-corrected chi connectivity index (χ0v) is 25.0. The molecule has 0 unspecified atom stereocenters. The number of sulfonamides is 1. The summed E-state index contributed by atoms with van der Waals surface area (Å²) in [5.41, 5.74) is 4.71. The van der Waals surface area contributed by atoms with Gasteiger partial charge in [0.25, 0.3) is 10.0 Å². The van der Waals surface area contributed by atoms with E-state index in [1.165, 1.54) is 12.1 Å². The molecular formula is C30H37N3O4S2. The molecule has 0 atom stereocenters. The number of hydrogen-bond donors (Lipinski definition) is 3. The van der Waals surface area contributed by atoms with E-state index in [4.69, 9.17) is 17.0 Å². The van der Waals surface area contributed by atoms with Gasteiger partial charge in [-0.15, -0.1) is 0 Å². The summed E-state index contributed by atoms with van der Waals surface area (Å²) in [5.74, 6) is 0.658. The number of anilines is 2. The van der Waals surface area contributed by atoms with Crippen molar-refractivity contribution in [2.45, 2.75) is 59.3 Å². The Morgan fingerprint density at radius 1 is 0.872 bits per heavy atom. The smallest absolute Gasteiger partial charge is 0.261 e. The second-order valence-electron chi connectivity index (χ2n) is 10.4. The summed E-state index contributed by atoms with van der Waals surface area (Å²) in [4.78, 5) is 13.0. The molecule has 3 rings (SSSR count). The summed E-state index contributed by atoms with van der Waals surface area (Å²) < 4.78 is 34.1. The van der Waals surface area contributed by atoms with Crippen LogP contribution in [-0.2, 0) is 14.8 Å². The highest BCUT2D eigenvalue weighted by atomic mass is 32.2. The van der Waals surface area contributed by atoms with Crippen molar-refractivity contribution in [1.29, 1.82) is 0 Å². The molecule has 39 heavy (non-hydrogen) atoms. The molecule has 0 bridgehead atoms. The average Bonchev–Trinajstić information content (AvgIpc) is 2.86. The van der Waals surface area contributed by atoms with Gasteiger partial charge in [0.1, 0.15) is 5.75 Å². The molecule has 0 spiro atoms. The fourth-order valence-electron chi connectivity index (χ4n) is 3.84. The maximum absolute atomic E-state index is 12.9. The van der Waals surface area contributed by atoms with Crippen LogP contribution in [0, 0.1) is 33.1 Å². The monoisotopic (exact) mass is 567 g/mol. The molecule has 3 aromatic carbocycles. The van der Waals surface area contributed by atoms with Crippen molar-refractivity contribution >= 4 is 44.6 Å². The van der Waals surface area contributed by atoms with Crippen molar-refractivity contribution in [3.63, 3.8) is 0 Å². The lowest BCUT2D eigenvalue weighted by Crippen LogP contribution is -2.42. The van der Waals surface area contributed by atoms with Gasteiger partial charge in [-0.1, -0.05) is 32.0 Å². The van der Waals surface area contributed by atoms with Gasteiger partial charge >= 0.3 is 0 Å². The van der Waals surface area contributed by atoms with Crippen LogP contribution in [0.4, 0.5) is 11.4 Å². The zero-order valence-electron chi connectivity index (χ0n) is 23.3. The van der Waals surface area contributed by atoms with Crippen LogP contribution in [0.5, 0.6) is 5.75 Å². The Balaban J connectivity index is 1.50. The quantitative estimate of drug-likeness (QED) is 0.193. The molecule has 208 valence electrons. The predicted octanol–water partition coefficient (Wildman–Crippen LogP) is 6.42. The molecule has 0 aliphatic carbocycles. The van der Waals surface area contributed by atoms with Crippen LogP contribution in [0.15, 0.2) is 65.6 Å². The number of benzene rings is 3. The van der Waals surface area contributed by atoms with Crippen molar-refractivity contribution in [2.75, 3.05) is 16.6 Å². The lowest BCUT2D eigenvalue weighted by atomic mass is 9.87. The predicted molar refractivity (Wildman–Crippen MR) is 162 cm³/mol. The lowest BCUT2D eigenvalue weighted by Gasteiger charge is -2.24. The normalized spacial score (nSPS) is 11.5. The van der Waals surface area contributed by atoms with Crippen molar-refractivity contribution < 1.29 is 17.9 Å². The van der Waals surface area contributed by atoms with E-state index < -0.39 is 15.4 Å². The molecule has 0 fully saturated rings. The summed E-state index contributed by atoms with van der Waals surface area (Å²) >= 11 is 5.32. The summed E-state index contributed by atoms with van der Waals surface area (Å²) in [6.07, 6.45) is 1.33. The Labute approximate surface area is 237 Å². The van der Waals surface area contributed by atoms with Gasteiger partial charge in [-0.2, -0.15) is 0 Å². The highest BCUT2D eigenvalue weighted by Gasteiger charge is 2.28. The minimum Gasteiger partial charge on any atom is -0.493 e. The summed E-state index contributed by atoms with van der Waals surface area (Å²) in [6.45, 7) is 12.2. The van der Waals surface area contributed by atoms with Crippen molar-refractivity contribution in [1.82, 2.24) is 5.32 Å². The molecule has 3 N–H and O–H groups in total. The highest BCUT2D eigenvalue weighted by molar-refractivity contribution is 7.92. The number of carbonyl (C=O) groups is 1. The molecule has 0 aromatic heterocycles. The number of rotatable bonds is 10.